The molecule has 1 N–H and O–H groups in total. The second kappa shape index (κ2) is 8.93. The van der Waals surface area contributed by atoms with Crippen molar-refractivity contribution in [1.29, 1.82) is 5.26 Å². The molecule has 2 aromatic carbocycles. The van der Waals surface area contributed by atoms with Gasteiger partial charge in [0.05, 0.1) is 29.0 Å². The Labute approximate surface area is 182 Å². The maximum atomic E-state index is 12.4. The second-order valence-corrected chi connectivity index (χ2v) is 7.45. The van der Waals surface area contributed by atoms with Gasteiger partial charge in [-0.05, 0) is 37.3 Å². The van der Waals surface area contributed by atoms with E-state index < -0.39 is 5.97 Å². The smallest absolute Gasteiger partial charge is 0.338 e. The van der Waals surface area contributed by atoms with Crippen LogP contribution in [0.3, 0.4) is 0 Å². The lowest BCUT2D eigenvalue weighted by molar-refractivity contribution is -0.113. The Kier molecular flexibility index (Phi) is 5.91. The minimum Gasteiger partial charge on any atom is -0.462 e. The SMILES string of the molecule is CCOC(=O)c1cccc(NC(=O)CSc2nc3cc4c(cc3cc2C#N)OCO4)c1. The van der Waals surface area contributed by atoms with Gasteiger partial charge in [-0.2, -0.15) is 5.26 Å². The Hall–Kier alpha value is -3.77. The van der Waals surface area contributed by atoms with Gasteiger partial charge >= 0.3 is 5.97 Å². The molecule has 4 rings (SSSR count). The highest BCUT2D eigenvalue weighted by Gasteiger charge is 2.17. The van der Waals surface area contributed by atoms with Gasteiger partial charge in [0.25, 0.3) is 0 Å². The maximum Gasteiger partial charge on any atom is 0.338 e. The molecule has 0 aliphatic carbocycles. The van der Waals surface area contributed by atoms with Gasteiger partial charge < -0.3 is 19.5 Å². The normalized spacial score (nSPS) is 11.7. The first-order chi connectivity index (χ1) is 15.1. The number of carbonyl (C=O) groups excluding carboxylic acids is 2. The molecular weight excluding hydrogens is 418 g/mol. The number of fused-ring (bicyclic) bond motifs is 2. The number of benzene rings is 2. The first kappa shape index (κ1) is 20.5. The third-order valence-corrected chi connectivity index (χ3v) is 5.38. The Balaban J connectivity index is 1.47. The Morgan fingerprint density at radius 1 is 1.23 bits per heavy atom. The molecule has 3 aromatic rings. The van der Waals surface area contributed by atoms with Crippen LogP contribution >= 0.6 is 11.8 Å². The predicted octanol–water partition coefficient (Wildman–Crippen LogP) is 3.74. The number of pyridine rings is 1. The van der Waals surface area contributed by atoms with Gasteiger partial charge in [0.1, 0.15) is 11.1 Å². The minimum atomic E-state index is -0.451. The minimum absolute atomic E-state index is 0.0430. The third-order valence-electron chi connectivity index (χ3n) is 4.39. The molecule has 1 amide bonds. The van der Waals surface area contributed by atoms with Crippen molar-refractivity contribution in [2.24, 2.45) is 0 Å². The number of rotatable bonds is 6. The lowest BCUT2D eigenvalue weighted by atomic mass is 10.1. The summed E-state index contributed by atoms with van der Waals surface area (Å²) in [5.74, 6) is 0.514. The van der Waals surface area contributed by atoms with E-state index >= 15 is 0 Å². The fourth-order valence-corrected chi connectivity index (χ4v) is 3.77. The van der Waals surface area contributed by atoms with E-state index in [0.29, 0.717) is 38.9 Å². The number of nitrogens with zero attached hydrogens (tertiary/aromatic N) is 2. The van der Waals surface area contributed by atoms with Crippen LogP contribution in [0.2, 0.25) is 0 Å². The molecule has 2 heterocycles. The zero-order chi connectivity index (χ0) is 21.8. The highest BCUT2D eigenvalue weighted by atomic mass is 32.2. The number of hydrogen-bond acceptors (Lipinski definition) is 8. The first-order valence-electron chi connectivity index (χ1n) is 9.41. The fraction of sp³-hybridized carbons (Fsp3) is 0.182. The van der Waals surface area contributed by atoms with Gasteiger partial charge in [0.15, 0.2) is 11.5 Å². The summed E-state index contributed by atoms with van der Waals surface area (Å²) < 4.78 is 15.7. The summed E-state index contributed by atoms with van der Waals surface area (Å²) in [5, 5.41) is 13.4. The summed E-state index contributed by atoms with van der Waals surface area (Å²) in [6, 6.07) is 13.9. The number of ether oxygens (including phenoxy) is 3. The molecule has 0 spiro atoms. The molecule has 1 aromatic heterocycles. The molecule has 0 saturated carbocycles. The molecule has 1 aliphatic heterocycles. The van der Waals surface area contributed by atoms with E-state index in [0.717, 1.165) is 17.1 Å². The Bertz CT molecular complexity index is 1220. The van der Waals surface area contributed by atoms with Crippen molar-refractivity contribution >= 4 is 40.2 Å². The standard InChI is InChI=1S/C22H17N3O5S/c1-2-28-22(27)13-4-3-5-16(7-13)24-20(26)11-31-21-15(10-23)6-14-8-18-19(30-12-29-18)9-17(14)25-21/h3-9H,2,11-12H2,1H3,(H,24,26). The Morgan fingerprint density at radius 3 is 2.81 bits per heavy atom. The van der Waals surface area contributed by atoms with Crippen molar-refractivity contribution in [2.45, 2.75) is 11.9 Å². The zero-order valence-corrected chi connectivity index (χ0v) is 17.3. The van der Waals surface area contributed by atoms with Gasteiger partial charge in [-0.1, -0.05) is 17.8 Å². The number of hydrogen-bond donors (Lipinski definition) is 1. The molecule has 0 radical (unpaired) electrons. The number of esters is 1. The molecule has 9 heteroatoms. The van der Waals surface area contributed by atoms with Crippen LogP contribution in [0.4, 0.5) is 5.69 Å². The van der Waals surface area contributed by atoms with Crippen LogP contribution in [0.15, 0.2) is 47.5 Å². The van der Waals surface area contributed by atoms with Crippen molar-refractivity contribution in [2.75, 3.05) is 24.5 Å². The fourth-order valence-electron chi connectivity index (χ4n) is 3.01. The van der Waals surface area contributed by atoms with E-state index in [1.54, 1.807) is 49.4 Å². The predicted molar refractivity (Wildman–Crippen MR) is 114 cm³/mol. The van der Waals surface area contributed by atoms with Crippen LogP contribution in [-0.2, 0) is 9.53 Å². The highest BCUT2D eigenvalue weighted by molar-refractivity contribution is 8.00. The van der Waals surface area contributed by atoms with Gasteiger partial charge in [0.2, 0.25) is 12.7 Å². The monoisotopic (exact) mass is 435 g/mol. The highest BCUT2D eigenvalue weighted by Crippen LogP contribution is 2.37. The molecule has 0 atom stereocenters. The average Bonchev–Trinajstić information content (AvgIpc) is 3.23. The molecule has 0 bridgehead atoms. The van der Waals surface area contributed by atoms with Gasteiger partial charge in [0, 0.05) is 17.1 Å². The van der Waals surface area contributed by atoms with E-state index in [1.807, 2.05) is 0 Å². The summed E-state index contributed by atoms with van der Waals surface area (Å²) >= 11 is 1.16. The van der Waals surface area contributed by atoms with Crippen molar-refractivity contribution in [3.63, 3.8) is 0 Å². The number of nitrogens with one attached hydrogen (secondary N) is 1. The number of carbonyl (C=O) groups is 2. The summed E-state index contributed by atoms with van der Waals surface area (Å²) in [6.45, 7) is 2.15. The van der Waals surface area contributed by atoms with Gasteiger partial charge in [-0.15, -0.1) is 0 Å². The lowest BCUT2D eigenvalue weighted by Gasteiger charge is -2.09. The van der Waals surface area contributed by atoms with Gasteiger partial charge in [-0.25, -0.2) is 9.78 Å². The van der Waals surface area contributed by atoms with Crippen LogP contribution in [-0.4, -0.2) is 36.0 Å². The number of nitriles is 1. The van der Waals surface area contributed by atoms with E-state index in [4.69, 9.17) is 14.2 Å². The topological polar surface area (TPSA) is 111 Å². The molecule has 0 unspecified atom stereocenters. The van der Waals surface area contributed by atoms with E-state index in [-0.39, 0.29) is 25.1 Å². The number of aromatic nitrogens is 1. The largest absolute Gasteiger partial charge is 0.462 e. The Morgan fingerprint density at radius 2 is 2.03 bits per heavy atom. The summed E-state index contributed by atoms with van der Waals surface area (Å²) in [6.07, 6.45) is 0. The number of anilines is 1. The summed E-state index contributed by atoms with van der Waals surface area (Å²) in [7, 11) is 0. The third kappa shape index (κ3) is 4.54. The molecule has 8 nitrogen and oxygen atoms in total. The number of amides is 1. The van der Waals surface area contributed by atoms with Crippen LogP contribution in [0.5, 0.6) is 11.5 Å². The van der Waals surface area contributed by atoms with E-state index in [1.165, 1.54) is 0 Å². The van der Waals surface area contributed by atoms with E-state index in [2.05, 4.69) is 16.4 Å². The van der Waals surface area contributed by atoms with Crippen LogP contribution in [0, 0.1) is 11.3 Å². The summed E-state index contributed by atoms with van der Waals surface area (Å²) in [5.41, 5.74) is 1.85. The molecule has 31 heavy (non-hydrogen) atoms. The molecule has 0 fully saturated rings. The lowest BCUT2D eigenvalue weighted by Crippen LogP contribution is -2.15. The molecule has 156 valence electrons. The van der Waals surface area contributed by atoms with Gasteiger partial charge in [-0.3, -0.25) is 4.79 Å². The summed E-state index contributed by atoms with van der Waals surface area (Å²) in [4.78, 5) is 28.8. The second-order valence-electron chi connectivity index (χ2n) is 6.49. The number of thioether (sulfide) groups is 1. The van der Waals surface area contributed by atoms with E-state index in [9.17, 15) is 14.9 Å². The maximum absolute atomic E-state index is 12.4. The van der Waals surface area contributed by atoms with Crippen molar-refractivity contribution in [3.8, 4) is 17.6 Å². The van der Waals surface area contributed by atoms with Crippen LogP contribution in [0.25, 0.3) is 10.9 Å². The molecule has 0 saturated heterocycles. The quantitative estimate of drug-likeness (QED) is 0.460. The zero-order valence-electron chi connectivity index (χ0n) is 16.5. The van der Waals surface area contributed by atoms with Crippen LogP contribution in [0.1, 0.15) is 22.8 Å². The van der Waals surface area contributed by atoms with Crippen molar-refractivity contribution in [1.82, 2.24) is 4.98 Å². The first-order valence-corrected chi connectivity index (χ1v) is 10.4. The van der Waals surface area contributed by atoms with Crippen molar-refractivity contribution < 1.29 is 23.8 Å². The van der Waals surface area contributed by atoms with Crippen molar-refractivity contribution in [3.05, 3.63) is 53.6 Å². The average molecular weight is 435 g/mol. The molecule has 1 aliphatic rings. The van der Waals surface area contributed by atoms with Crippen LogP contribution < -0.4 is 14.8 Å². The molecular formula is C22H17N3O5S.